The topological polar surface area (TPSA) is 68.0 Å². The van der Waals surface area contributed by atoms with Gasteiger partial charge in [0, 0.05) is 43.9 Å². The number of thioether (sulfide) groups is 1. The molecule has 0 saturated carbocycles. The SMILES string of the molecule is CC#CCn1c(N2CCNCC2)nc2nc(SCc3cccs3)n(C)c(=O)c21. The van der Waals surface area contributed by atoms with Crippen LogP contribution in [-0.2, 0) is 19.3 Å². The molecule has 0 radical (unpaired) electrons. The van der Waals surface area contributed by atoms with Crippen LogP contribution in [0.1, 0.15) is 11.8 Å². The van der Waals surface area contributed by atoms with Gasteiger partial charge in [-0.05, 0) is 18.4 Å². The van der Waals surface area contributed by atoms with E-state index in [0.717, 1.165) is 37.9 Å². The first kappa shape index (κ1) is 19.1. The number of nitrogens with one attached hydrogen (secondary N) is 1. The van der Waals surface area contributed by atoms with E-state index >= 15 is 0 Å². The molecular formula is C19H22N6OS2. The molecule has 4 heterocycles. The van der Waals surface area contributed by atoms with Gasteiger partial charge in [0.05, 0.1) is 6.54 Å². The molecule has 0 spiro atoms. The molecule has 28 heavy (non-hydrogen) atoms. The van der Waals surface area contributed by atoms with E-state index < -0.39 is 0 Å². The quantitative estimate of drug-likeness (QED) is 0.391. The van der Waals surface area contributed by atoms with E-state index in [1.54, 1.807) is 41.6 Å². The van der Waals surface area contributed by atoms with Crippen molar-refractivity contribution in [2.75, 3.05) is 31.1 Å². The third-order valence-electron chi connectivity index (χ3n) is 4.66. The first-order chi connectivity index (χ1) is 13.7. The molecule has 0 aromatic carbocycles. The number of hydrogen-bond donors (Lipinski definition) is 1. The average Bonchev–Trinajstić information content (AvgIpc) is 3.36. The van der Waals surface area contributed by atoms with Gasteiger partial charge in [-0.1, -0.05) is 23.7 Å². The van der Waals surface area contributed by atoms with E-state index in [4.69, 9.17) is 9.97 Å². The van der Waals surface area contributed by atoms with Gasteiger partial charge in [-0.3, -0.25) is 13.9 Å². The second kappa shape index (κ2) is 8.39. The summed E-state index contributed by atoms with van der Waals surface area (Å²) in [6, 6.07) is 4.13. The van der Waals surface area contributed by atoms with Crippen molar-refractivity contribution in [3.05, 3.63) is 32.7 Å². The van der Waals surface area contributed by atoms with Crippen molar-refractivity contribution in [3.8, 4) is 11.8 Å². The number of nitrogens with zero attached hydrogens (tertiary/aromatic N) is 5. The molecule has 7 nitrogen and oxygen atoms in total. The lowest BCUT2D eigenvalue weighted by atomic mass is 10.4. The summed E-state index contributed by atoms with van der Waals surface area (Å²) in [6.45, 7) is 5.74. The van der Waals surface area contributed by atoms with Gasteiger partial charge < -0.3 is 10.2 Å². The molecule has 146 valence electrons. The normalized spacial score (nSPS) is 14.3. The number of fused-ring (bicyclic) bond motifs is 1. The first-order valence-electron chi connectivity index (χ1n) is 9.16. The molecule has 9 heteroatoms. The molecule has 0 bridgehead atoms. The Bertz CT molecular complexity index is 1080. The maximum absolute atomic E-state index is 13.2. The number of imidazole rings is 1. The molecule has 3 aromatic rings. The Morgan fingerprint density at radius 3 is 2.86 bits per heavy atom. The number of piperazine rings is 1. The maximum Gasteiger partial charge on any atom is 0.280 e. The van der Waals surface area contributed by atoms with Crippen LogP contribution in [0.5, 0.6) is 0 Å². The van der Waals surface area contributed by atoms with Gasteiger partial charge in [-0.25, -0.2) is 4.98 Å². The summed E-state index contributed by atoms with van der Waals surface area (Å²) in [5, 5.41) is 6.09. The van der Waals surface area contributed by atoms with E-state index in [0.29, 0.717) is 22.9 Å². The van der Waals surface area contributed by atoms with Crippen LogP contribution in [-0.4, -0.2) is 45.3 Å². The summed E-state index contributed by atoms with van der Waals surface area (Å²) in [4.78, 5) is 26.1. The van der Waals surface area contributed by atoms with E-state index in [1.807, 2.05) is 10.6 Å². The summed E-state index contributed by atoms with van der Waals surface area (Å²) < 4.78 is 3.54. The summed E-state index contributed by atoms with van der Waals surface area (Å²) in [7, 11) is 1.78. The highest BCUT2D eigenvalue weighted by Crippen LogP contribution is 2.25. The summed E-state index contributed by atoms with van der Waals surface area (Å²) >= 11 is 3.27. The second-order valence-electron chi connectivity index (χ2n) is 6.46. The van der Waals surface area contributed by atoms with Crippen LogP contribution < -0.4 is 15.8 Å². The van der Waals surface area contributed by atoms with E-state index in [-0.39, 0.29) is 5.56 Å². The molecule has 0 atom stereocenters. The predicted octanol–water partition coefficient (Wildman–Crippen LogP) is 1.92. The zero-order valence-electron chi connectivity index (χ0n) is 15.9. The van der Waals surface area contributed by atoms with E-state index in [1.165, 1.54) is 4.88 Å². The Balaban J connectivity index is 1.77. The molecule has 3 aromatic heterocycles. The van der Waals surface area contributed by atoms with E-state index in [9.17, 15) is 4.79 Å². The van der Waals surface area contributed by atoms with Gasteiger partial charge in [0.15, 0.2) is 16.3 Å². The Morgan fingerprint density at radius 2 is 2.14 bits per heavy atom. The highest BCUT2D eigenvalue weighted by molar-refractivity contribution is 7.98. The van der Waals surface area contributed by atoms with Gasteiger partial charge in [0.1, 0.15) is 0 Å². The Hall–Kier alpha value is -2.28. The van der Waals surface area contributed by atoms with Crippen molar-refractivity contribution < 1.29 is 0 Å². The highest BCUT2D eigenvalue weighted by atomic mass is 32.2. The fourth-order valence-electron chi connectivity index (χ4n) is 3.20. The Labute approximate surface area is 171 Å². The van der Waals surface area contributed by atoms with Crippen molar-refractivity contribution in [2.24, 2.45) is 7.05 Å². The van der Waals surface area contributed by atoms with E-state index in [2.05, 4.69) is 33.5 Å². The summed E-state index contributed by atoms with van der Waals surface area (Å²) in [6.07, 6.45) is 0. The predicted molar refractivity (Wildman–Crippen MR) is 115 cm³/mol. The molecule has 1 aliphatic heterocycles. The van der Waals surface area contributed by atoms with Crippen LogP contribution in [0.2, 0.25) is 0 Å². The summed E-state index contributed by atoms with van der Waals surface area (Å²) in [5.41, 5.74) is 0.952. The van der Waals surface area contributed by atoms with Crippen molar-refractivity contribution in [2.45, 2.75) is 24.4 Å². The first-order valence-corrected chi connectivity index (χ1v) is 11.0. The molecule has 0 amide bonds. The van der Waals surface area contributed by atoms with Crippen molar-refractivity contribution in [3.63, 3.8) is 0 Å². The number of rotatable bonds is 5. The van der Waals surface area contributed by atoms with Gasteiger partial charge >= 0.3 is 0 Å². The molecule has 1 saturated heterocycles. The molecule has 0 aliphatic carbocycles. The van der Waals surface area contributed by atoms with Crippen LogP contribution in [0.25, 0.3) is 11.2 Å². The lowest BCUT2D eigenvalue weighted by Gasteiger charge is -2.28. The summed E-state index contributed by atoms with van der Waals surface area (Å²) in [5.74, 6) is 7.57. The Morgan fingerprint density at radius 1 is 1.32 bits per heavy atom. The van der Waals surface area contributed by atoms with Crippen molar-refractivity contribution >= 4 is 40.2 Å². The molecule has 1 aliphatic rings. The minimum atomic E-state index is -0.0783. The largest absolute Gasteiger partial charge is 0.340 e. The van der Waals surface area contributed by atoms with Gasteiger partial charge in [-0.2, -0.15) is 4.98 Å². The van der Waals surface area contributed by atoms with Crippen LogP contribution in [0, 0.1) is 11.8 Å². The van der Waals surface area contributed by atoms with Gasteiger partial charge in [0.2, 0.25) is 5.95 Å². The van der Waals surface area contributed by atoms with Crippen LogP contribution in [0.4, 0.5) is 5.95 Å². The number of hydrogen-bond acceptors (Lipinski definition) is 7. The van der Waals surface area contributed by atoms with Crippen molar-refractivity contribution in [1.82, 2.24) is 24.4 Å². The molecular weight excluding hydrogens is 392 g/mol. The molecule has 4 rings (SSSR count). The number of anilines is 1. The van der Waals surface area contributed by atoms with Crippen molar-refractivity contribution in [1.29, 1.82) is 0 Å². The maximum atomic E-state index is 13.2. The smallest absolute Gasteiger partial charge is 0.280 e. The highest BCUT2D eigenvalue weighted by Gasteiger charge is 2.23. The molecule has 0 unspecified atom stereocenters. The lowest BCUT2D eigenvalue weighted by molar-refractivity contribution is 0.573. The molecule has 1 fully saturated rings. The fraction of sp³-hybridized carbons (Fsp3) is 0.421. The molecule has 1 N–H and O–H groups in total. The van der Waals surface area contributed by atoms with Gasteiger partial charge in [0.25, 0.3) is 5.56 Å². The van der Waals surface area contributed by atoms with Gasteiger partial charge in [-0.15, -0.1) is 17.3 Å². The van der Waals surface area contributed by atoms with Crippen LogP contribution in [0.15, 0.2) is 27.5 Å². The number of thiophene rings is 1. The zero-order valence-corrected chi connectivity index (χ0v) is 17.6. The second-order valence-corrected chi connectivity index (χ2v) is 8.44. The Kier molecular flexibility index (Phi) is 5.71. The standard InChI is InChI=1S/C19H22N6OS2/c1-3-4-9-25-15-16(21-18(25)24-10-7-20-8-11-24)22-19(23(2)17(15)26)28-13-14-6-5-12-27-14/h5-6,12,20H,7-11,13H2,1-2H3. The third-order valence-corrected chi connectivity index (χ3v) is 6.80. The third kappa shape index (κ3) is 3.68. The minimum absolute atomic E-state index is 0.0783. The zero-order chi connectivity index (χ0) is 19.5. The fourth-order valence-corrected chi connectivity index (χ4v) is 4.94. The number of aromatic nitrogens is 4. The lowest BCUT2D eigenvalue weighted by Crippen LogP contribution is -2.44. The minimum Gasteiger partial charge on any atom is -0.340 e. The van der Waals surface area contributed by atoms with Crippen LogP contribution >= 0.6 is 23.1 Å². The monoisotopic (exact) mass is 414 g/mol. The average molecular weight is 415 g/mol. The van der Waals surface area contributed by atoms with Crippen LogP contribution in [0.3, 0.4) is 0 Å².